The highest BCUT2D eigenvalue weighted by Gasteiger charge is 2.24. The summed E-state index contributed by atoms with van der Waals surface area (Å²) in [6.45, 7) is 11.1. The van der Waals surface area contributed by atoms with Gasteiger partial charge in [0.1, 0.15) is 5.82 Å². The molecule has 0 bridgehead atoms. The number of carbonyl (C=O) groups excluding carboxylic acids is 1. The molecule has 1 aromatic carbocycles. The number of piperazine rings is 1. The van der Waals surface area contributed by atoms with E-state index < -0.39 is 0 Å². The van der Waals surface area contributed by atoms with Crippen molar-refractivity contribution in [1.29, 1.82) is 0 Å². The van der Waals surface area contributed by atoms with Gasteiger partial charge in [-0.25, -0.2) is 9.97 Å². The third-order valence-electron chi connectivity index (χ3n) is 4.81. The quantitative estimate of drug-likeness (QED) is 0.852. The van der Waals surface area contributed by atoms with Crippen LogP contribution in [0, 0.1) is 27.7 Å². The van der Waals surface area contributed by atoms with Crippen molar-refractivity contribution in [3.05, 3.63) is 52.6 Å². The van der Waals surface area contributed by atoms with Gasteiger partial charge in [0.05, 0.1) is 11.3 Å². The predicted octanol–water partition coefficient (Wildman–Crippen LogP) is 2.67. The lowest BCUT2D eigenvalue weighted by Gasteiger charge is -2.37. The highest BCUT2D eigenvalue weighted by atomic mass is 16.2. The van der Waals surface area contributed by atoms with E-state index in [2.05, 4.69) is 46.9 Å². The second kappa shape index (κ2) is 6.59. The first-order chi connectivity index (χ1) is 11.5. The summed E-state index contributed by atoms with van der Waals surface area (Å²) in [7, 11) is 0. The number of rotatable bonds is 2. The number of aryl methyl sites for hydroxylation is 3. The number of carbonyl (C=O) groups is 1. The van der Waals surface area contributed by atoms with Gasteiger partial charge in [0.25, 0.3) is 5.91 Å². The maximum absolute atomic E-state index is 12.7. The first-order valence-electron chi connectivity index (χ1n) is 8.38. The zero-order valence-corrected chi connectivity index (χ0v) is 14.8. The van der Waals surface area contributed by atoms with Gasteiger partial charge < -0.3 is 9.80 Å². The molecule has 0 saturated carbocycles. The third-order valence-corrected chi connectivity index (χ3v) is 4.81. The molecule has 1 aromatic heterocycles. The van der Waals surface area contributed by atoms with Crippen LogP contribution in [0.15, 0.2) is 24.4 Å². The van der Waals surface area contributed by atoms with Gasteiger partial charge in [0, 0.05) is 38.1 Å². The molecule has 24 heavy (non-hydrogen) atoms. The molecule has 0 unspecified atom stereocenters. The van der Waals surface area contributed by atoms with Gasteiger partial charge in [-0.2, -0.15) is 0 Å². The van der Waals surface area contributed by atoms with Crippen LogP contribution in [0.3, 0.4) is 0 Å². The Balaban J connectivity index is 1.71. The van der Waals surface area contributed by atoms with Gasteiger partial charge in [-0.1, -0.05) is 12.1 Å². The Kier molecular flexibility index (Phi) is 4.51. The minimum Gasteiger partial charge on any atom is -0.368 e. The van der Waals surface area contributed by atoms with Crippen molar-refractivity contribution >= 4 is 11.6 Å². The molecule has 5 nitrogen and oxygen atoms in total. The van der Waals surface area contributed by atoms with Crippen LogP contribution in [0.2, 0.25) is 0 Å². The molecule has 1 saturated heterocycles. The summed E-state index contributed by atoms with van der Waals surface area (Å²) >= 11 is 0. The number of anilines is 1. The molecule has 0 radical (unpaired) electrons. The topological polar surface area (TPSA) is 49.3 Å². The monoisotopic (exact) mass is 324 g/mol. The Bertz CT molecular complexity index is 764. The summed E-state index contributed by atoms with van der Waals surface area (Å²) in [6.07, 6.45) is 1.65. The van der Waals surface area contributed by atoms with Crippen LogP contribution in [0.4, 0.5) is 5.69 Å². The molecule has 0 N–H and O–H groups in total. The Morgan fingerprint density at radius 1 is 1.04 bits per heavy atom. The third kappa shape index (κ3) is 3.11. The molecule has 5 heteroatoms. The fourth-order valence-electron chi connectivity index (χ4n) is 3.19. The van der Waals surface area contributed by atoms with E-state index >= 15 is 0 Å². The fourth-order valence-corrected chi connectivity index (χ4v) is 3.19. The summed E-state index contributed by atoms with van der Waals surface area (Å²) in [5.74, 6) is 0.733. The lowest BCUT2D eigenvalue weighted by Crippen LogP contribution is -2.49. The SMILES string of the molecule is Cc1ncc(C(=O)N2CCN(c3cccc(C)c3C)CC2)c(C)n1. The van der Waals surface area contributed by atoms with Crippen molar-refractivity contribution in [2.45, 2.75) is 27.7 Å². The van der Waals surface area contributed by atoms with Crippen LogP contribution >= 0.6 is 0 Å². The largest absolute Gasteiger partial charge is 0.368 e. The van der Waals surface area contributed by atoms with Crippen molar-refractivity contribution in [3.63, 3.8) is 0 Å². The Hall–Kier alpha value is -2.43. The van der Waals surface area contributed by atoms with Crippen LogP contribution < -0.4 is 4.90 Å². The molecule has 1 aliphatic heterocycles. The molecule has 126 valence electrons. The Morgan fingerprint density at radius 3 is 2.42 bits per heavy atom. The number of nitrogens with zero attached hydrogens (tertiary/aromatic N) is 4. The Morgan fingerprint density at radius 2 is 1.75 bits per heavy atom. The summed E-state index contributed by atoms with van der Waals surface area (Å²) in [5, 5.41) is 0. The number of benzene rings is 1. The Labute approximate surface area is 143 Å². The molecular weight excluding hydrogens is 300 g/mol. The molecule has 0 aliphatic carbocycles. The molecular formula is C19H24N4O. The van der Waals surface area contributed by atoms with E-state index in [9.17, 15) is 4.79 Å². The van der Waals surface area contributed by atoms with Crippen LogP contribution in [0.1, 0.15) is 33.0 Å². The van der Waals surface area contributed by atoms with E-state index in [1.165, 1.54) is 16.8 Å². The van der Waals surface area contributed by atoms with E-state index in [0.717, 1.165) is 31.9 Å². The smallest absolute Gasteiger partial charge is 0.257 e. The number of hydrogen-bond acceptors (Lipinski definition) is 4. The van der Waals surface area contributed by atoms with E-state index in [0.29, 0.717) is 11.4 Å². The maximum atomic E-state index is 12.7. The average Bonchev–Trinajstić information content (AvgIpc) is 2.57. The fraction of sp³-hybridized carbons (Fsp3) is 0.421. The maximum Gasteiger partial charge on any atom is 0.257 e. The first kappa shape index (κ1) is 16.4. The van der Waals surface area contributed by atoms with E-state index in [1.54, 1.807) is 6.20 Å². The molecule has 0 spiro atoms. The minimum absolute atomic E-state index is 0.0353. The molecule has 1 aliphatic rings. The van der Waals surface area contributed by atoms with E-state index in [4.69, 9.17) is 0 Å². The van der Waals surface area contributed by atoms with Crippen molar-refractivity contribution in [2.75, 3.05) is 31.1 Å². The second-order valence-corrected chi connectivity index (χ2v) is 6.41. The highest BCUT2D eigenvalue weighted by molar-refractivity contribution is 5.95. The summed E-state index contributed by atoms with van der Waals surface area (Å²) in [4.78, 5) is 25.5. The molecule has 1 amide bonds. The van der Waals surface area contributed by atoms with Crippen LogP contribution in [0.25, 0.3) is 0 Å². The number of amides is 1. The summed E-state index contributed by atoms with van der Waals surface area (Å²) < 4.78 is 0. The first-order valence-corrected chi connectivity index (χ1v) is 8.38. The standard InChI is InChI=1S/C19H24N4O/c1-13-6-5-7-18(14(13)2)22-8-10-23(11-9-22)19(24)17-12-20-16(4)21-15(17)3/h5-7,12H,8-11H2,1-4H3. The summed E-state index contributed by atoms with van der Waals surface area (Å²) in [5.41, 5.74) is 5.26. The van der Waals surface area contributed by atoms with E-state index in [1.807, 2.05) is 18.7 Å². The van der Waals surface area contributed by atoms with Gasteiger partial charge in [-0.15, -0.1) is 0 Å². The van der Waals surface area contributed by atoms with Crippen molar-refractivity contribution in [1.82, 2.24) is 14.9 Å². The van der Waals surface area contributed by atoms with Gasteiger partial charge in [0.2, 0.25) is 0 Å². The molecule has 2 heterocycles. The zero-order chi connectivity index (χ0) is 17.3. The lowest BCUT2D eigenvalue weighted by atomic mass is 10.1. The lowest BCUT2D eigenvalue weighted by molar-refractivity contribution is 0.0745. The van der Waals surface area contributed by atoms with Gasteiger partial charge in [-0.05, 0) is 44.9 Å². The zero-order valence-electron chi connectivity index (χ0n) is 14.8. The number of aromatic nitrogens is 2. The highest BCUT2D eigenvalue weighted by Crippen LogP contribution is 2.24. The molecule has 2 aromatic rings. The van der Waals surface area contributed by atoms with Crippen molar-refractivity contribution in [3.8, 4) is 0 Å². The minimum atomic E-state index is 0.0353. The summed E-state index contributed by atoms with van der Waals surface area (Å²) in [6, 6.07) is 6.40. The van der Waals surface area contributed by atoms with Crippen LogP contribution in [-0.4, -0.2) is 47.0 Å². The van der Waals surface area contributed by atoms with Crippen LogP contribution in [0.5, 0.6) is 0 Å². The molecule has 0 atom stereocenters. The predicted molar refractivity (Wildman–Crippen MR) is 95.5 cm³/mol. The number of hydrogen-bond donors (Lipinski definition) is 0. The van der Waals surface area contributed by atoms with Crippen molar-refractivity contribution < 1.29 is 4.79 Å². The normalized spacial score (nSPS) is 14.8. The second-order valence-electron chi connectivity index (χ2n) is 6.41. The van der Waals surface area contributed by atoms with Gasteiger partial charge >= 0.3 is 0 Å². The molecule has 1 fully saturated rings. The van der Waals surface area contributed by atoms with Crippen LogP contribution in [-0.2, 0) is 0 Å². The van der Waals surface area contributed by atoms with Gasteiger partial charge in [0.15, 0.2) is 0 Å². The molecule has 3 rings (SSSR count). The average molecular weight is 324 g/mol. The van der Waals surface area contributed by atoms with E-state index in [-0.39, 0.29) is 5.91 Å². The van der Waals surface area contributed by atoms with Gasteiger partial charge in [-0.3, -0.25) is 4.79 Å². The van der Waals surface area contributed by atoms with Crippen molar-refractivity contribution in [2.24, 2.45) is 0 Å².